The quantitative estimate of drug-likeness (QED) is 0.268. The Bertz CT molecular complexity index is 1840. The van der Waals surface area contributed by atoms with E-state index in [-0.39, 0.29) is 6.17 Å². The summed E-state index contributed by atoms with van der Waals surface area (Å²) in [5.74, 6) is 1.56. The second kappa shape index (κ2) is 9.45. The summed E-state index contributed by atoms with van der Waals surface area (Å²) < 4.78 is 0. The van der Waals surface area contributed by atoms with Crippen LogP contribution >= 0.6 is 0 Å². The normalized spacial score (nSPS) is 15.1. The monoisotopic (exact) mass is 487 g/mol. The first-order valence-corrected chi connectivity index (χ1v) is 12.9. The summed E-state index contributed by atoms with van der Waals surface area (Å²) in [5, 5.41) is 8.46. The molecule has 0 spiro atoms. The lowest BCUT2D eigenvalue weighted by Gasteiger charge is -2.23. The molecule has 1 heterocycles. The lowest BCUT2D eigenvalue weighted by atomic mass is 9.97. The zero-order chi connectivity index (χ0) is 25.3. The number of nitrogens with zero attached hydrogens (tertiary/aromatic N) is 2. The van der Waals surface area contributed by atoms with Gasteiger partial charge in [0.25, 0.3) is 0 Å². The Morgan fingerprint density at radius 3 is 1.68 bits per heavy atom. The molecule has 1 aliphatic rings. The molecule has 0 aromatic heterocycles. The van der Waals surface area contributed by atoms with Crippen molar-refractivity contribution in [3.8, 4) is 11.1 Å². The predicted octanol–water partition coefficient (Wildman–Crippen LogP) is 8.16. The highest BCUT2D eigenvalue weighted by Crippen LogP contribution is 2.29. The minimum Gasteiger partial charge on any atom is -0.344 e. The SMILES string of the molecule is c1ccc(C2=NC(c3ccccc3)NC(c3ccc4cc(-c5ccc6ccccc6c5)ccc4c3)=N2)cc1. The third kappa shape index (κ3) is 4.25. The maximum atomic E-state index is 4.95. The number of fused-ring (bicyclic) bond motifs is 2. The molecule has 0 saturated carbocycles. The Hall–Kier alpha value is -5.02. The number of nitrogens with one attached hydrogen (secondary N) is 1. The van der Waals surface area contributed by atoms with Gasteiger partial charge in [-0.2, -0.15) is 0 Å². The smallest absolute Gasteiger partial charge is 0.159 e. The summed E-state index contributed by atoms with van der Waals surface area (Å²) in [7, 11) is 0. The van der Waals surface area contributed by atoms with Gasteiger partial charge in [0.15, 0.2) is 5.84 Å². The molecule has 180 valence electrons. The van der Waals surface area contributed by atoms with Gasteiger partial charge in [0.1, 0.15) is 12.0 Å². The first-order valence-electron chi connectivity index (χ1n) is 12.9. The molecule has 0 fully saturated rings. The molecule has 6 aromatic carbocycles. The highest BCUT2D eigenvalue weighted by molar-refractivity contribution is 6.14. The van der Waals surface area contributed by atoms with Crippen LogP contribution in [0.3, 0.4) is 0 Å². The van der Waals surface area contributed by atoms with Crippen LogP contribution in [0.25, 0.3) is 32.7 Å². The van der Waals surface area contributed by atoms with Crippen molar-refractivity contribution in [1.82, 2.24) is 5.32 Å². The van der Waals surface area contributed by atoms with Gasteiger partial charge in [0, 0.05) is 11.1 Å². The maximum Gasteiger partial charge on any atom is 0.159 e. The molecule has 0 bridgehead atoms. The fourth-order valence-electron chi connectivity index (χ4n) is 5.06. The summed E-state index contributed by atoms with van der Waals surface area (Å²) in [6, 6.07) is 48.9. The minimum absolute atomic E-state index is 0.204. The highest BCUT2D eigenvalue weighted by atomic mass is 15.2. The molecule has 0 radical (unpaired) electrons. The molecular weight excluding hydrogens is 462 g/mol. The van der Waals surface area contributed by atoms with E-state index in [4.69, 9.17) is 9.98 Å². The zero-order valence-electron chi connectivity index (χ0n) is 20.8. The van der Waals surface area contributed by atoms with Gasteiger partial charge < -0.3 is 5.32 Å². The second-order valence-electron chi connectivity index (χ2n) is 9.58. The van der Waals surface area contributed by atoms with Crippen LogP contribution in [-0.2, 0) is 0 Å². The van der Waals surface area contributed by atoms with E-state index in [0.29, 0.717) is 0 Å². The van der Waals surface area contributed by atoms with Crippen molar-refractivity contribution in [2.75, 3.05) is 0 Å². The van der Waals surface area contributed by atoms with Crippen molar-refractivity contribution < 1.29 is 0 Å². The number of rotatable bonds is 4. The lowest BCUT2D eigenvalue weighted by Crippen LogP contribution is -2.33. The largest absolute Gasteiger partial charge is 0.344 e. The first-order chi connectivity index (χ1) is 18.8. The number of benzene rings is 6. The Morgan fingerprint density at radius 1 is 0.447 bits per heavy atom. The fraction of sp³-hybridized carbons (Fsp3) is 0.0286. The van der Waals surface area contributed by atoms with Crippen LogP contribution in [0, 0.1) is 0 Å². The van der Waals surface area contributed by atoms with Gasteiger partial charge in [-0.05, 0) is 56.4 Å². The Kier molecular flexibility index (Phi) is 5.52. The lowest BCUT2D eigenvalue weighted by molar-refractivity contribution is 0.674. The molecule has 1 atom stereocenters. The van der Waals surface area contributed by atoms with Crippen LogP contribution in [0.15, 0.2) is 150 Å². The zero-order valence-corrected chi connectivity index (χ0v) is 20.8. The van der Waals surface area contributed by atoms with E-state index in [2.05, 4.69) is 108 Å². The maximum absolute atomic E-state index is 4.95. The van der Waals surface area contributed by atoms with Crippen LogP contribution < -0.4 is 5.32 Å². The minimum atomic E-state index is -0.204. The van der Waals surface area contributed by atoms with E-state index in [1.807, 2.05) is 36.4 Å². The Labute approximate surface area is 221 Å². The average molecular weight is 488 g/mol. The van der Waals surface area contributed by atoms with Crippen molar-refractivity contribution in [3.63, 3.8) is 0 Å². The van der Waals surface area contributed by atoms with Gasteiger partial charge in [-0.3, -0.25) is 0 Å². The van der Waals surface area contributed by atoms with E-state index in [1.165, 1.54) is 32.7 Å². The van der Waals surface area contributed by atoms with Crippen LogP contribution in [-0.4, -0.2) is 11.7 Å². The summed E-state index contributed by atoms with van der Waals surface area (Å²) in [4.78, 5) is 9.90. The molecule has 1 unspecified atom stereocenters. The molecule has 0 saturated heterocycles. The molecule has 7 rings (SSSR count). The predicted molar refractivity (Wildman–Crippen MR) is 159 cm³/mol. The summed E-state index contributed by atoms with van der Waals surface area (Å²) >= 11 is 0. The van der Waals surface area contributed by atoms with Crippen molar-refractivity contribution in [2.24, 2.45) is 9.98 Å². The van der Waals surface area contributed by atoms with Crippen LogP contribution in [0.5, 0.6) is 0 Å². The molecule has 3 heteroatoms. The van der Waals surface area contributed by atoms with Crippen molar-refractivity contribution in [3.05, 3.63) is 156 Å². The van der Waals surface area contributed by atoms with E-state index >= 15 is 0 Å². The number of hydrogen-bond donors (Lipinski definition) is 1. The third-order valence-electron chi connectivity index (χ3n) is 7.09. The van der Waals surface area contributed by atoms with Crippen molar-refractivity contribution in [2.45, 2.75) is 6.17 Å². The number of amidine groups is 2. The molecule has 0 aliphatic carbocycles. The van der Waals surface area contributed by atoms with Crippen LogP contribution in [0.4, 0.5) is 0 Å². The fourth-order valence-corrected chi connectivity index (χ4v) is 5.06. The molecule has 3 nitrogen and oxygen atoms in total. The van der Waals surface area contributed by atoms with Gasteiger partial charge in [-0.1, -0.05) is 121 Å². The molecule has 38 heavy (non-hydrogen) atoms. The third-order valence-corrected chi connectivity index (χ3v) is 7.09. The van der Waals surface area contributed by atoms with E-state index in [9.17, 15) is 0 Å². The van der Waals surface area contributed by atoms with Crippen molar-refractivity contribution in [1.29, 1.82) is 0 Å². The first kappa shape index (κ1) is 22.2. The van der Waals surface area contributed by atoms with Gasteiger partial charge in [0.2, 0.25) is 0 Å². The van der Waals surface area contributed by atoms with Gasteiger partial charge in [0.05, 0.1) is 0 Å². The standard InChI is InChI=1S/C35H25N3/c1-3-10-25(11-4-1)33-36-34(26-12-5-2-6-13-26)38-35(37-33)32-20-19-30-22-29(17-18-31(30)23-32)28-16-15-24-9-7-8-14-27(24)21-28/h1-23,33H,(H,36,37,38). The van der Waals surface area contributed by atoms with E-state index in [1.54, 1.807) is 0 Å². The van der Waals surface area contributed by atoms with Crippen LogP contribution in [0.1, 0.15) is 22.9 Å². The molecule has 1 N–H and O–H groups in total. The van der Waals surface area contributed by atoms with Gasteiger partial charge >= 0.3 is 0 Å². The molecule has 6 aromatic rings. The Balaban J connectivity index is 1.26. The van der Waals surface area contributed by atoms with Crippen molar-refractivity contribution >= 4 is 33.2 Å². The second-order valence-corrected chi connectivity index (χ2v) is 9.58. The highest BCUT2D eigenvalue weighted by Gasteiger charge is 2.21. The van der Waals surface area contributed by atoms with Gasteiger partial charge in [-0.25, -0.2) is 9.98 Å². The molecule has 0 amide bonds. The number of hydrogen-bond acceptors (Lipinski definition) is 3. The van der Waals surface area contributed by atoms with E-state index < -0.39 is 0 Å². The summed E-state index contributed by atoms with van der Waals surface area (Å²) in [6.07, 6.45) is -0.204. The molecule has 1 aliphatic heterocycles. The summed E-state index contributed by atoms with van der Waals surface area (Å²) in [6.45, 7) is 0. The Morgan fingerprint density at radius 2 is 0.974 bits per heavy atom. The number of aliphatic imine (C=N–C) groups is 2. The van der Waals surface area contributed by atoms with Crippen LogP contribution in [0.2, 0.25) is 0 Å². The molecular formula is C35H25N3. The van der Waals surface area contributed by atoms with Gasteiger partial charge in [-0.15, -0.1) is 0 Å². The summed E-state index contributed by atoms with van der Waals surface area (Å²) in [5.41, 5.74) is 5.59. The topological polar surface area (TPSA) is 36.8 Å². The average Bonchev–Trinajstić information content (AvgIpc) is 3.01. The van der Waals surface area contributed by atoms with E-state index in [0.717, 1.165) is 28.4 Å².